The molecule has 0 atom stereocenters. The van der Waals surface area contributed by atoms with E-state index in [0.29, 0.717) is 0 Å². The molecule has 5 heteroatoms. The summed E-state index contributed by atoms with van der Waals surface area (Å²) in [5.41, 5.74) is 2.35. The minimum absolute atomic E-state index is 0.858. The van der Waals surface area contributed by atoms with Gasteiger partial charge in [0.15, 0.2) is 0 Å². The van der Waals surface area contributed by atoms with Crippen LogP contribution in [-0.2, 0) is 4.74 Å². The van der Waals surface area contributed by atoms with Crippen LogP contribution in [0.2, 0.25) is 0 Å². The van der Waals surface area contributed by atoms with E-state index in [1.54, 1.807) is 0 Å². The number of morpholine rings is 1. The maximum Gasteiger partial charge on any atom is 0.130 e. The van der Waals surface area contributed by atoms with Gasteiger partial charge in [-0.25, -0.2) is 0 Å². The van der Waals surface area contributed by atoms with Crippen LogP contribution >= 0.6 is 0 Å². The third-order valence-electron chi connectivity index (χ3n) is 3.93. The summed E-state index contributed by atoms with van der Waals surface area (Å²) < 4.78 is 5.38. The molecule has 2 aliphatic heterocycles. The van der Waals surface area contributed by atoms with Crippen molar-refractivity contribution in [2.75, 3.05) is 57.8 Å². The van der Waals surface area contributed by atoms with Crippen LogP contribution in [0.5, 0.6) is 0 Å². The summed E-state index contributed by atoms with van der Waals surface area (Å²) >= 11 is 0. The molecule has 0 saturated carbocycles. The molecule has 0 radical (unpaired) electrons. The van der Waals surface area contributed by atoms with Crippen LogP contribution in [0.15, 0.2) is 29.3 Å². The van der Waals surface area contributed by atoms with Crippen molar-refractivity contribution in [1.82, 2.24) is 10.2 Å². The SMILES string of the molecule is c1ccc(C2=NCCCN2)c(NCCN2CCOCC2)c1. The number of rotatable bonds is 5. The third kappa shape index (κ3) is 3.95. The Bertz CT molecular complexity index is 483. The molecule has 0 bridgehead atoms. The lowest BCUT2D eigenvalue weighted by atomic mass is 10.1. The fourth-order valence-electron chi connectivity index (χ4n) is 2.73. The van der Waals surface area contributed by atoms with E-state index in [2.05, 4.69) is 44.8 Å². The second-order valence-corrected chi connectivity index (χ2v) is 5.44. The molecule has 5 nitrogen and oxygen atoms in total. The second kappa shape index (κ2) is 7.43. The van der Waals surface area contributed by atoms with Gasteiger partial charge in [-0.1, -0.05) is 12.1 Å². The minimum atomic E-state index is 0.858. The minimum Gasteiger partial charge on any atom is -0.383 e. The lowest BCUT2D eigenvalue weighted by Crippen LogP contribution is -2.39. The van der Waals surface area contributed by atoms with Crippen molar-refractivity contribution in [2.24, 2.45) is 4.99 Å². The van der Waals surface area contributed by atoms with Crippen molar-refractivity contribution in [3.8, 4) is 0 Å². The van der Waals surface area contributed by atoms with Crippen LogP contribution in [0, 0.1) is 0 Å². The van der Waals surface area contributed by atoms with Crippen molar-refractivity contribution in [2.45, 2.75) is 6.42 Å². The van der Waals surface area contributed by atoms with E-state index >= 15 is 0 Å². The van der Waals surface area contributed by atoms with Crippen molar-refractivity contribution in [1.29, 1.82) is 0 Å². The zero-order chi connectivity index (χ0) is 14.3. The molecule has 1 aromatic carbocycles. The highest BCUT2D eigenvalue weighted by Crippen LogP contribution is 2.16. The van der Waals surface area contributed by atoms with E-state index in [1.807, 2.05) is 0 Å². The molecule has 21 heavy (non-hydrogen) atoms. The molecular formula is C16H24N4O. The van der Waals surface area contributed by atoms with Gasteiger partial charge in [-0.05, 0) is 18.6 Å². The van der Waals surface area contributed by atoms with Gasteiger partial charge < -0.3 is 15.4 Å². The van der Waals surface area contributed by atoms with Crippen LogP contribution in [0.4, 0.5) is 5.69 Å². The number of aliphatic imine (C=N–C) groups is 1. The maximum atomic E-state index is 5.38. The summed E-state index contributed by atoms with van der Waals surface area (Å²) in [6.45, 7) is 7.73. The molecule has 1 saturated heterocycles. The van der Waals surface area contributed by atoms with Crippen molar-refractivity contribution >= 4 is 11.5 Å². The van der Waals surface area contributed by atoms with Gasteiger partial charge in [0.05, 0.1) is 13.2 Å². The molecule has 0 amide bonds. The average molecular weight is 288 g/mol. The first-order chi connectivity index (χ1) is 10.4. The van der Waals surface area contributed by atoms with Crippen molar-refractivity contribution < 1.29 is 4.74 Å². The Labute approximate surface area is 126 Å². The standard InChI is InChI=1S/C16H24N4O/c1-2-5-15(14(4-1)16-18-6-3-7-19-16)17-8-9-20-10-12-21-13-11-20/h1-2,4-5,17H,3,6-13H2,(H,18,19). The number of hydrogen-bond donors (Lipinski definition) is 2. The number of hydrogen-bond acceptors (Lipinski definition) is 5. The predicted octanol–water partition coefficient (Wildman–Crippen LogP) is 1.17. The molecule has 0 unspecified atom stereocenters. The summed E-state index contributed by atoms with van der Waals surface area (Å²) in [4.78, 5) is 7.04. The van der Waals surface area contributed by atoms with Crippen LogP contribution in [-0.4, -0.2) is 63.2 Å². The Morgan fingerprint density at radius 2 is 2.10 bits per heavy atom. The van der Waals surface area contributed by atoms with Crippen LogP contribution in [0.3, 0.4) is 0 Å². The van der Waals surface area contributed by atoms with Gasteiger partial charge in [0.1, 0.15) is 5.84 Å². The first kappa shape index (κ1) is 14.4. The fourth-order valence-corrected chi connectivity index (χ4v) is 2.73. The number of nitrogens with one attached hydrogen (secondary N) is 2. The Morgan fingerprint density at radius 1 is 1.24 bits per heavy atom. The first-order valence-electron chi connectivity index (χ1n) is 7.85. The topological polar surface area (TPSA) is 48.9 Å². The molecule has 2 N–H and O–H groups in total. The summed E-state index contributed by atoms with van der Waals surface area (Å²) in [6, 6.07) is 8.41. The average Bonchev–Trinajstić information content (AvgIpc) is 2.57. The lowest BCUT2D eigenvalue weighted by Gasteiger charge is -2.27. The van der Waals surface area contributed by atoms with E-state index in [9.17, 15) is 0 Å². The monoisotopic (exact) mass is 288 g/mol. The highest BCUT2D eigenvalue weighted by Gasteiger charge is 2.12. The van der Waals surface area contributed by atoms with E-state index in [1.165, 1.54) is 11.3 Å². The summed E-state index contributed by atoms with van der Waals surface area (Å²) in [5.74, 6) is 1.02. The van der Waals surface area contributed by atoms with Gasteiger partial charge in [-0.2, -0.15) is 0 Å². The van der Waals surface area contributed by atoms with E-state index in [4.69, 9.17) is 4.74 Å². The first-order valence-corrected chi connectivity index (χ1v) is 7.85. The zero-order valence-corrected chi connectivity index (χ0v) is 12.5. The maximum absolute atomic E-state index is 5.38. The second-order valence-electron chi connectivity index (χ2n) is 5.44. The summed E-state index contributed by atoms with van der Waals surface area (Å²) in [5, 5.41) is 6.95. The number of benzene rings is 1. The van der Waals surface area contributed by atoms with Gasteiger partial charge >= 0.3 is 0 Å². The summed E-state index contributed by atoms with van der Waals surface area (Å²) in [6.07, 6.45) is 1.12. The van der Waals surface area contributed by atoms with Crippen LogP contribution in [0.25, 0.3) is 0 Å². The quantitative estimate of drug-likeness (QED) is 0.854. The largest absolute Gasteiger partial charge is 0.383 e. The fraction of sp³-hybridized carbons (Fsp3) is 0.562. The molecule has 2 aliphatic rings. The molecule has 0 aromatic heterocycles. The Balaban J connectivity index is 1.58. The number of ether oxygens (including phenoxy) is 1. The van der Waals surface area contributed by atoms with Crippen LogP contribution < -0.4 is 10.6 Å². The Morgan fingerprint density at radius 3 is 2.90 bits per heavy atom. The summed E-state index contributed by atoms with van der Waals surface area (Å²) in [7, 11) is 0. The van der Waals surface area contributed by atoms with Gasteiger partial charge in [0, 0.05) is 50.5 Å². The highest BCUT2D eigenvalue weighted by molar-refractivity contribution is 6.03. The molecule has 0 spiro atoms. The predicted molar refractivity (Wildman–Crippen MR) is 86.2 cm³/mol. The highest BCUT2D eigenvalue weighted by atomic mass is 16.5. The Hall–Kier alpha value is -1.59. The molecular weight excluding hydrogens is 264 g/mol. The van der Waals surface area contributed by atoms with Gasteiger partial charge in [0.25, 0.3) is 0 Å². The van der Waals surface area contributed by atoms with Crippen molar-refractivity contribution in [3.05, 3.63) is 29.8 Å². The Kier molecular flexibility index (Phi) is 5.08. The smallest absolute Gasteiger partial charge is 0.130 e. The van der Waals surface area contributed by atoms with Crippen molar-refractivity contribution in [3.63, 3.8) is 0 Å². The molecule has 2 heterocycles. The van der Waals surface area contributed by atoms with E-state index < -0.39 is 0 Å². The zero-order valence-electron chi connectivity index (χ0n) is 12.5. The van der Waals surface area contributed by atoms with E-state index in [-0.39, 0.29) is 0 Å². The van der Waals surface area contributed by atoms with Gasteiger partial charge in [-0.15, -0.1) is 0 Å². The molecule has 1 aromatic rings. The number of nitrogens with zero attached hydrogens (tertiary/aromatic N) is 2. The number of para-hydroxylation sites is 1. The normalized spacial score (nSPS) is 19.7. The molecule has 3 rings (SSSR count). The van der Waals surface area contributed by atoms with Crippen LogP contribution in [0.1, 0.15) is 12.0 Å². The molecule has 0 aliphatic carbocycles. The third-order valence-corrected chi connectivity index (χ3v) is 3.93. The van der Waals surface area contributed by atoms with Gasteiger partial charge in [0.2, 0.25) is 0 Å². The van der Waals surface area contributed by atoms with Gasteiger partial charge in [-0.3, -0.25) is 9.89 Å². The lowest BCUT2D eigenvalue weighted by molar-refractivity contribution is 0.0398. The molecule has 1 fully saturated rings. The molecule has 114 valence electrons. The number of anilines is 1. The number of amidine groups is 1. The van der Waals surface area contributed by atoms with E-state index in [0.717, 1.165) is 64.7 Å².